The first-order chi connectivity index (χ1) is 6.06. The third kappa shape index (κ3) is 2.45. The fraction of sp³-hybridized carbons (Fsp3) is 0.125. The predicted octanol–water partition coefficient (Wildman–Crippen LogP) is 3.26. The summed E-state index contributed by atoms with van der Waals surface area (Å²) in [7, 11) is 0. The van der Waals surface area contributed by atoms with E-state index in [0.29, 0.717) is 20.7 Å². The first kappa shape index (κ1) is 11.0. The molecule has 2 nitrogen and oxygen atoms in total. The van der Waals surface area contributed by atoms with Crippen molar-refractivity contribution in [1.29, 1.82) is 0 Å². The molecule has 70 valence electrons. The minimum atomic E-state index is -0.0685. The van der Waals surface area contributed by atoms with Crippen LogP contribution >= 0.6 is 43.5 Å². The van der Waals surface area contributed by atoms with E-state index in [9.17, 15) is 4.79 Å². The minimum Gasteiger partial charge on any atom is -0.398 e. The SMILES string of the molecule is Nc1cc(Cl)cc(Br)c1C(=O)CBr. The van der Waals surface area contributed by atoms with E-state index in [1.807, 2.05) is 0 Å². The van der Waals surface area contributed by atoms with E-state index in [4.69, 9.17) is 17.3 Å². The van der Waals surface area contributed by atoms with Gasteiger partial charge < -0.3 is 5.73 Å². The molecule has 0 aliphatic heterocycles. The fourth-order valence-electron chi connectivity index (χ4n) is 0.954. The standard InChI is InChI=1S/C8H6Br2ClNO/c9-3-7(13)8-5(10)1-4(11)2-6(8)12/h1-2H,3,12H2. The third-order valence-corrected chi connectivity index (χ3v) is 2.84. The first-order valence-electron chi connectivity index (χ1n) is 3.40. The van der Waals surface area contributed by atoms with Crippen molar-refractivity contribution >= 4 is 54.9 Å². The number of anilines is 1. The zero-order chi connectivity index (χ0) is 10.0. The van der Waals surface area contributed by atoms with E-state index in [-0.39, 0.29) is 11.1 Å². The lowest BCUT2D eigenvalue weighted by Crippen LogP contribution is -2.05. The molecule has 1 aromatic rings. The number of nitrogen functional groups attached to an aromatic ring is 1. The molecule has 0 saturated carbocycles. The van der Waals surface area contributed by atoms with Crippen molar-refractivity contribution in [3.8, 4) is 0 Å². The van der Waals surface area contributed by atoms with Crippen molar-refractivity contribution in [2.24, 2.45) is 0 Å². The van der Waals surface area contributed by atoms with Gasteiger partial charge in [0.05, 0.1) is 10.9 Å². The average molecular weight is 327 g/mol. The molecule has 0 spiro atoms. The van der Waals surface area contributed by atoms with Gasteiger partial charge in [0.1, 0.15) is 0 Å². The van der Waals surface area contributed by atoms with Crippen molar-refractivity contribution in [3.05, 3.63) is 27.2 Å². The summed E-state index contributed by atoms with van der Waals surface area (Å²) in [4.78, 5) is 11.4. The summed E-state index contributed by atoms with van der Waals surface area (Å²) in [6, 6.07) is 3.20. The van der Waals surface area contributed by atoms with Crippen LogP contribution in [-0.2, 0) is 0 Å². The Morgan fingerprint density at radius 3 is 2.62 bits per heavy atom. The summed E-state index contributed by atoms with van der Waals surface area (Å²) in [5.41, 5.74) is 6.51. The van der Waals surface area contributed by atoms with Crippen molar-refractivity contribution in [3.63, 3.8) is 0 Å². The molecule has 0 aliphatic rings. The number of alkyl halides is 1. The number of benzene rings is 1. The highest BCUT2D eigenvalue weighted by molar-refractivity contribution is 9.10. The molecule has 0 fully saturated rings. The normalized spacial score (nSPS) is 10.1. The molecule has 1 aromatic carbocycles. The van der Waals surface area contributed by atoms with Crippen molar-refractivity contribution < 1.29 is 4.79 Å². The maximum atomic E-state index is 11.4. The Hall–Kier alpha value is -0.0600. The molecule has 0 heterocycles. The van der Waals surface area contributed by atoms with Crippen LogP contribution in [-0.4, -0.2) is 11.1 Å². The third-order valence-electron chi connectivity index (χ3n) is 1.49. The van der Waals surface area contributed by atoms with Crippen LogP contribution in [0.3, 0.4) is 0 Å². The van der Waals surface area contributed by atoms with Gasteiger partial charge in [-0.05, 0) is 28.1 Å². The molecule has 0 unspecified atom stereocenters. The quantitative estimate of drug-likeness (QED) is 0.515. The van der Waals surface area contributed by atoms with Gasteiger partial charge >= 0.3 is 0 Å². The van der Waals surface area contributed by atoms with E-state index in [1.54, 1.807) is 12.1 Å². The number of ketones is 1. The minimum absolute atomic E-state index is 0.0685. The molecule has 5 heteroatoms. The predicted molar refractivity (Wildman–Crippen MR) is 61.7 cm³/mol. The van der Waals surface area contributed by atoms with Crippen molar-refractivity contribution in [2.45, 2.75) is 0 Å². The lowest BCUT2D eigenvalue weighted by Gasteiger charge is -2.05. The molecule has 2 N–H and O–H groups in total. The maximum absolute atomic E-state index is 11.4. The second kappa shape index (κ2) is 4.44. The van der Waals surface area contributed by atoms with Gasteiger partial charge in [-0.1, -0.05) is 27.5 Å². The summed E-state index contributed by atoms with van der Waals surface area (Å²) in [6.45, 7) is 0. The van der Waals surface area contributed by atoms with Crippen LogP contribution in [0.4, 0.5) is 5.69 Å². The van der Waals surface area contributed by atoms with E-state index in [0.717, 1.165) is 0 Å². The number of carbonyl (C=O) groups is 1. The zero-order valence-corrected chi connectivity index (χ0v) is 10.4. The van der Waals surface area contributed by atoms with Crippen LogP contribution in [0.15, 0.2) is 16.6 Å². The zero-order valence-electron chi connectivity index (χ0n) is 6.48. The van der Waals surface area contributed by atoms with Crippen LogP contribution in [0.5, 0.6) is 0 Å². The van der Waals surface area contributed by atoms with Gasteiger partial charge in [0.2, 0.25) is 0 Å². The number of carbonyl (C=O) groups excluding carboxylic acids is 1. The van der Waals surface area contributed by atoms with Crippen molar-refractivity contribution in [2.75, 3.05) is 11.1 Å². The molecule has 0 atom stereocenters. The molecular formula is C8H6Br2ClNO. The monoisotopic (exact) mass is 325 g/mol. The number of hydrogen-bond donors (Lipinski definition) is 1. The Labute approximate surface area is 97.7 Å². The lowest BCUT2D eigenvalue weighted by atomic mass is 10.1. The van der Waals surface area contributed by atoms with Crippen LogP contribution in [0.1, 0.15) is 10.4 Å². The molecule has 0 saturated heterocycles. The molecule has 13 heavy (non-hydrogen) atoms. The molecule has 0 aromatic heterocycles. The first-order valence-corrected chi connectivity index (χ1v) is 5.69. The van der Waals surface area contributed by atoms with Crippen LogP contribution < -0.4 is 5.73 Å². The second-order valence-electron chi connectivity index (χ2n) is 2.41. The van der Waals surface area contributed by atoms with E-state index < -0.39 is 0 Å². The highest BCUT2D eigenvalue weighted by Crippen LogP contribution is 2.28. The maximum Gasteiger partial charge on any atom is 0.176 e. The summed E-state index contributed by atoms with van der Waals surface area (Å²) >= 11 is 12.0. The van der Waals surface area contributed by atoms with Gasteiger partial charge in [-0.25, -0.2) is 0 Å². The van der Waals surface area contributed by atoms with Gasteiger partial charge in [0, 0.05) is 15.2 Å². The largest absolute Gasteiger partial charge is 0.398 e. The summed E-state index contributed by atoms with van der Waals surface area (Å²) in [6.07, 6.45) is 0. The number of halogens is 3. The lowest BCUT2D eigenvalue weighted by molar-refractivity contribution is 0.102. The number of rotatable bonds is 2. The van der Waals surface area contributed by atoms with Gasteiger partial charge in [-0.3, -0.25) is 4.79 Å². The molecule has 0 aliphatic carbocycles. The van der Waals surface area contributed by atoms with E-state index in [1.165, 1.54) is 0 Å². The molecule has 0 radical (unpaired) electrons. The van der Waals surface area contributed by atoms with E-state index in [2.05, 4.69) is 31.9 Å². The van der Waals surface area contributed by atoms with E-state index >= 15 is 0 Å². The summed E-state index contributed by atoms with van der Waals surface area (Å²) in [5, 5.41) is 0.757. The molecular weight excluding hydrogens is 321 g/mol. The highest BCUT2D eigenvalue weighted by atomic mass is 79.9. The Balaban J connectivity index is 3.28. The number of Topliss-reactive ketones (excluding diaryl/α,β-unsaturated/α-hetero) is 1. The summed E-state index contributed by atoms with van der Waals surface area (Å²) < 4.78 is 0.627. The summed E-state index contributed by atoms with van der Waals surface area (Å²) in [5.74, 6) is -0.0685. The van der Waals surface area contributed by atoms with Gasteiger partial charge in [0.25, 0.3) is 0 Å². The Morgan fingerprint density at radius 1 is 1.54 bits per heavy atom. The smallest absolute Gasteiger partial charge is 0.176 e. The van der Waals surface area contributed by atoms with Gasteiger partial charge in [-0.2, -0.15) is 0 Å². The number of hydrogen-bond acceptors (Lipinski definition) is 2. The highest BCUT2D eigenvalue weighted by Gasteiger charge is 2.13. The van der Waals surface area contributed by atoms with Gasteiger partial charge in [0.15, 0.2) is 5.78 Å². The van der Waals surface area contributed by atoms with Gasteiger partial charge in [-0.15, -0.1) is 0 Å². The Bertz CT molecular complexity index is 331. The molecule has 0 amide bonds. The average Bonchev–Trinajstić information content (AvgIpc) is 2.02. The van der Waals surface area contributed by atoms with Crippen LogP contribution in [0, 0.1) is 0 Å². The number of nitrogens with two attached hydrogens (primary N) is 1. The molecule has 1 rings (SSSR count). The van der Waals surface area contributed by atoms with Crippen LogP contribution in [0.2, 0.25) is 5.02 Å². The van der Waals surface area contributed by atoms with Crippen molar-refractivity contribution in [1.82, 2.24) is 0 Å². The second-order valence-corrected chi connectivity index (χ2v) is 4.26. The molecule has 0 bridgehead atoms. The Morgan fingerprint density at radius 2 is 2.15 bits per heavy atom. The topological polar surface area (TPSA) is 43.1 Å². The fourth-order valence-corrected chi connectivity index (χ4v) is 2.29. The Kier molecular flexibility index (Phi) is 3.76. The van der Waals surface area contributed by atoms with Crippen LogP contribution in [0.25, 0.3) is 0 Å².